The summed E-state index contributed by atoms with van der Waals surface area (Å²) < 4.78 is 19.4. The molecule has 5 heteroatoms. The molecule has 2 aromatic rings. The molecule has 4 saturated heterocycles. The normalized spacial score (nSPS) is 31.7. The van der Waals surface area contributed by atoms with Crippen molar-refractivity contribution in [2.45, 2.75) is 37.4 Å². The first-order chi connectivity index (χ1) is 13.6. The molecule has 3 atom stereocenters. The minimum Gasteiger partial charge on any atom is -0.508 e. The van der Waals surface area contributed by atoms with Gasteiger partial charge in [0, 0.05) is 36.7 Å². The zero-order valence-corrected chi connectivity index (χ0v) is 16.2. The van der Waals surface area contributed by atoms with Gasteiger partial charge in [-0.2, -0.15) is 0 Å². The first-order valence-electron chi connectivity index (χ1n) is 10.2. The Morgan fingerprint density at radius 1 is 1.11 bits per heavy atom. The van der Waals surface area contributed by atoms with Crippen LogP contribution in [0.2, 0.25) is 0 Å². The summed E-state index contributed by atoms with van der Waals surface area (Å²) in [5.41, 5.74) is 2.12. The van der Waals surface area contributed by atoms with E-state index in [-0.39, 0.29) is 5.82 Å². The number of benzene rings is 2. The summed E-state index contributed by atoms with van der Waals surface area (Å²) in [6, 6.07) is 13.5. The van der Waals surface area contributed by atoms with E-state index >= 15 is 0 Å². The number of phenols is 1. The molecule has 0 unspecified atom stereocenters. The van der Waals surface area contributed by atoms with Crippen molar-refractivity contribution >= 4 is 0 Å². The molecule has 4 heterocycles. The van der Waals surface area contributed by atoms with Crippen molar-refractivity contribution in [1.29, 1.82) is 0 Å². The lowest BCUT2D eigenvalue weighted by Crippen LogP contribution is -2.59. The van der Waals surface area contributed by atoms with Crippen LogP contribution < -0.4 is 4.74 Å². The number of halogens is 1. The van der Waals surface area contributed by atoms with Crippen molar-refractivity contribution in [1.82, 2.24) is 9.80 Å². The standard InChI is InChI=1S/C23H27FN2O2/c1-28-21-6-5-18(24)11-17(21)13-26-14-20(16-3-2-4-19(27)12-16)23-22(26)15-7-9-25(23)10-8-15/h2-6,11-12,15,20,22-23,27H,7-10,13-14H2,1H3/t20-,22+,23+/m1/s1. The van der Waals surface area contributed by atoms with Gasteiger partial charge >= 0.3 is 0 Å². The second-order valence-corrected chi connectivity index (χ2v) is 8.44. The second-order valence-electron chi connectivity index (χ2n) is 8.44. The molecule has 0 aromatic heterocycles. The minimum atomic E-state index is -0.218. The molecule has 2 aromatic carbocycles. The van der Waals surface area contributed by atoms with Crippen LogP contribution in [-0.4, -0.2) is 53.7 Å². The van der Waals surface area contributed by atoms with Gasteiger partial charge in [-0.05, 0) is 67.7 Å². The third-order valence-corrected chi connectivity index (χ3v) is 7.01. The Labute approximate surface area is 165 Å². The van der Waals surface area contributed by atoms with Crippen LogP contribution in [0.4, 0.5) is 4.39 Å². The number of phenolic OH excluding ortho intramolecular Hbond substituents is 1. The third kappa shape index (κ3) is 2.97. The van der Waals surface area contributed by atoms with E-state index in [0.29, 0.717) is 36.2 Å². The zero-order chi connectivity index (χ0) is 19.3. The summed E-state index contributed by atoms with van der Waals surface area (Å²) in [5.74, 6) is 1.91. The molecule has 6 rings (SSSR count). The highest BCUT2D eigenvalue weighted by atomic mass is 19.1. The van der Waals surface area contributed by atoms with E-state index in [9.17, 15) is 9.50 Å². The van der Waals surface area contributed by atoms with Crippen molar-refractivity contribution in [3.63, 3.8) is 0 Å². The Morgan fingerprint density at radius 3 is 2.68 bits per heavy atom. The molecule has 0 amide bonds. The van der Waals surface area contributed by atoms with Gasteiger partial charge in [0.2, 0.25) is 0 Å². The molecule has 0 saturated carbocycles. The smallest absolute Gasteiger partial charge is 0.123 e. The number of piperidine rings is 3. The van der Waals surface area contributed by atoms with Gasteiger partial charge in [0.25, 0.3) is 0 Å². The number of nitrogens with zero attached hydrogens (tertiary/aromatic N) is 2. The van der Waals surface area contributed by atoms with Gasteiger partial charge in [0.05, 0.1) is 7.11 Å². The van der Waals surface area contributed by atoms with E-state index in [1.54, 1.807) is 25.3 Å². The predicted octanol–water partition coefficient (Wildman–Crippen LogP) is 3.60. The number of hydrogen-bond acceptors (Lipinski definition) is 4. The Kier molecular flexibility index (Phi) is 4.52. The summed E-state index contributed by atoms with van der Waals surface area (Å²) in [6.45, 7) is 3.95. The van der Waals surface area contributed by atoms with E-state index in [0.717, 1.165) is 30.9 Å². The highest BCUT2D eigenvalue weighted by molar-refractivity contribution is 5.36. The second kappa shape index (κ2) is 7.05. The van der Waals surface area contributed by atoms with Gasteiger partial charge in [0.1, 0.15) is 17.3 Å². The fraction of sp³-hybridized carbons (Fsp3) is 0.478. The summed E-state index contributed by atoms with van der Waals surface area (Å²) in [4.78, 5) is 5.18. The first-order valence-corrected chi connectivity index (χ1v) is 10.2. The molecule has 28 heavy (non-hydrogen) atoms. The topological polar surface area (TPSA) is 35.9 Å². The largest absolute Gasteiger partial charge is 0.508 e. The Bertz CT molecular complexity index is 865. The average Bonchev–Trinajstić information content (AvgIpc) is 3.11. The molecule has 4 aliphatic heterocycles. The molecule has 1 N–H and O–H groups in total. The highest BCUT2D eigenvalue weighted by Gasteiger charge is 2.53. The fourth-order valence-corrected chi connectivity index (χ4v) is 5.86. The monoisotopic (exact) mass is 382 g/mol. The van der Waals surface area contributed by atoms with Crippen molar-refractivity contribution in [3.05, 3.63) is 59.4 Å². The van der Waals surface area contributed by atoms with Crippen molar-refractivity contribution in [2.75, 3.05) is 26.7 Å². The average molecular weight is 382 g/mol. The van der Waals surface area contributed by atoms with E-state index < -0.39 is 0 Å². The van der Waals surface area contributed by atoms with Crippen molar-refractivity contribution in [3.8, 4) is 11.5 Å². The molecule has 2 bridgehead atoms. The van der Waals surface area contributed by atoms with E-state index in [2.05, 4.69) is 15.9 Å². The Hall–Kier alpha value is -2.11. The summed E-state index contributed by atoms with van der Waals surface area (Å²) in [6.07, 6.45) is 2.48. The first kappa shape index (κ1) is 18.0. The number of methoxy groups -OCH3 is 1. The quantitative estimate of drug-likeness (QED) is 0.877. The maximum atomic E-state index is 13.9. The molecule has 4 aliphatic rings. The number of fused-ring (bicyclic) bond motifs is 2. The van der Waals surface area contributed by atoms with Crippen LogP contribution in [0.25, 0.3) is 0 Å². The highest BCUT2D eigenvalue weighted by Crippen LogP contribution is 2.47. The van der Waals surface area contributed by atoms with E-state index in [1.165, 1.54) is 24.5 Å². The summed E-state index contributed by atoms with van der Waals surface area (Å²) >= 11 is 0. The van der Waals surface area contributed by atoms with Crippen LogP contribution in [-0.2, 0) is 6.54 Å². The van der Waals surface area contributed by atoms with Gasteiger partial charge in [-0.1, -0.05) is 12.1 Å². The van der Waals surface area contributed by atoms with Crippen LogP contribution in [0, 0.1) is 11.7 Å². The van der Waals surface area contributed by atoms with Crippen molar-refractivity contribution in [2.24, 2.45) is 5.92 Å². The van der Waals surface area contributed by atoms with Gasteiger partial charge in [0.15, 0.2) is 0 Å². The molecular weight excluding hydrogens is 355 g/mol. The maximum absolute atomic E-state index is 13.9. The minimum absolute atomic E-state index is 0.218. The van der Waals surface area contributed by atoms with Crippen LogP contribution in [0.15, 0.2) is 42.5 Å². The van der Waals surface area contributed by atoms with Crippen LogP contribution in [0.5, 0.6) is 11.5 Å². The number of aromatic hydroxyl groups is 1. The number of rotatable bonds is 4. The van der Waals surface area contributed by atoms with Crippen molar-refractivity contribution < 1.29 is 14.2 Å². The van der Waals surface area contributed by atoms with E-state index in [1.807, 2.05) is 12.1 Å². The predicted molar refractivity (Wildman–Crippen MR) is 106 cm³/mol. The van der Waals surface area contributed by atoms with Gasteiger partial charge < -0.3 is 9.84 Å². The lowest BCUT2D eigenvalue weighted by molar-refractivity contribution is -0.00885. The maximum Gasteiger partial charge on any atom is 0.123 e. The number of ether oxygens (including phenoxy) is 1. The number of likely N-dealkylation sites (tertiary alicyclic amines) is 1. The molecule has 4 fully saturated rings. The fourth-order valence-electron chi connectivity index (χ4n) is 5.86. The molecule has 4 nitrogen and oxygen atoms in total. The molecule has 0 spiro atoms. The SMILES string of the molecule is COc1ccc(F)cc1CN1C[C@H](c2cccc(O)c2)[C@H]2[C@@H]1C1CCN2CC1. The van der Waals surface area contributed by atoms with Crippen LogP contribution in [0.3, 0.4) is 0 Å². The van der Waals surface area contributed by atoms with Crippen LogP contribution >= 0.6 is 0 Å². The van der Waals surface area contributed by atoms with Gasteiger partial charge in [-0.3, -0.25) is 9.80 Å². The molecule has 0 aliphatic carbocycles. The zero-order valence-electron chi connectivity index (χ0n) is 16.2. The lowest BCUT2D eigenvalue weighted by Gasteiger charge is -2.51. The number of hydrogen-bond donors (Lipinski definition) is 1. The van der Waals surface area contributed by atoms with E-state index in [4.69, 9.17) is 4.74 Å². The molecular formula is C23H27FN2O2. The lowest BCUT2D eigenvalue weighted by atomic mass is 9.75. The molecule has 0 radical (unpaired) electrons. The van der Waals surface area contributed by atoms with Gasteiger partial charge in [-0.25, -0.2) is 4.39 Å². The Morgan fingerprint density at radius 2 is 1.93 bits per heavy atom. The van der Waals surface area contributed by atoms with Gasteiger partial charge in [-0.15, -0.1) is 0 Å². The molecule has 148 valence electrons. The Balaban J connectivity index is 1.49. The third-order valence-electron chi connectivity index (χ3n) is 7.01. The summed E-state index contributed by atoms with van der Waals surface area (Å²) in [5, 5.41) is 10.0. The summed E-state index contributed by atoms with van der Waals surface area (Å²) in [7, 11) is 1.65. The van der Waals surface area contributed by atoms with Crippen LogP contribution in [0.1, 0.15) is 29.9 Å².